The molecule has 13 heavy (non-hydrogen) atoms. The van der Waals surface area contributed by atoms with Crippen molar-refractivity contribution in [2.45, 2.75) is 6.92 Å². The standard InChI is InChI=1S/C8H5NO3S/c1-5-7(8(11)12)13-6(9-5)3-2-4-10/h4H,1H3,(H,11,12). The van der Waals surface area contributed by atoms with Crippen molar-refractivity contribution in [3.8, 4) is 11.8 Å². The fourth-order valence-corrected chi connectivity index (χ4v) is 1.51. The predicted molar refractivity (Wildman–Crippen MR) is 46.8 cm³/mol. The number of carbonyl (C=O) groups is 2. The highest BCUT2D eigenvalue weighted by atomic mass is 32.1. The lowest BCUT2D eigenvalue weighted by atomic mass is 10.4. The summed E-state index contributed by atoms with van der Waals surface area (Å²) >= 11 is 0.964. The molecule has 1 rings (SSSR count). The number of rotatable bonds is 1. The first-order valence-corrected chi connectivity index (χ1v) is 4.12. The number of carboxylic acids is 1. The van der Waals surface area contributed by atoms with E-state index in [0.717, 1.165) is 11.3 Å². The van der Waals surface area contributed by atoms with Gasteiger partial charge < -0.3 is 5.11 Å². The van der Waals surface area contributed by atoms with Gasteiger partial charge in [-0.2, -0.15) is 0 Å². The van der Waals surface area contributed by atoms with E-state index in [1.54, 1.807) is 6.92 Å². The van der Waals surface area contributed by atoms with E-state index < -0.39 is 5.97 Å². The van der Waals surface area contributed by atoms with Crippen LogP contribution in [0.15, 0.2) is 0 Å². The quantitative estimate of drug-likeness (QED) is 0.529. The van der Waals surface area contributed by atoms with Gasteiger partial charge in [-0.15, -0.1) is 0 Å². The van der Waals surface area contributed by atoms with Gasteiger partial charge in [0.25, 0.3) is 0 Å². The summed E-state index contributed by atoms with van der Waals surface area (Å²) in [6.07, 6.45) is 0.442. The highest BCUT2D eigenvalue weighted by Crippen LogP contribution is 2.16. The second kappa shape index (κ2) is 3.83. The molecule has 1 aromatic heterocycles. The van der Waals surface area contributed by atoms with Gasteiger partial charge in [-0.1, -0.05) is 11.3 Å². The van der Waals surface area contributed by atoms with E-state index in [4.69, 9.17) is 5.11 Å². The van der Waals surface area contributed by atoms with E-state index in [1.165, 1.54) is 0 Å². The first kappa shape index (κ1) is 9.42. The zero-order valence-corrected chi connectivity index (χ0v) is 7.51. The molecule has 0 amide bonds. The summed E-state index contributed by atoms with van der Waals surface area (Å²) in [4.78, 5) is 24.5. The van der Waals surface area contributed by atoms with Crippen LogP contribution in [-0.2, 0) is 4.79 Å². The van der Waals surface area contributed by atoms with E-state index >= 15 is 0 Å². The van der Waals surface area contributed by atoms with Crippen LogP contribution in [0.25, 0.3) is 0 Å². The molecule has 0 spiro atoms. The molecule has 0 atom stereocenters. The molecule has 0 unspecified atom stereocenters. The Morgan fingerprint density at radius 2 is 2.38 bits per heavy atom. The Balaban J connectivity index is 3.08. The largest absolute Gasteiger partial charge is 0.477 e. The summed E-state index contributed by atoms with van der Waals surface area (Å²) < 4.78 is 0. The third-order valence-electron chi connectivity index (χ3n) is 1.23. The van der Waals surface area contributed by atoms with Crippen LogP contribution in [0.1, 0.15) is 20.4 Å². The Morgan fingerprint density at radius 3 is 2.85 bits per heavy atom. The molecule has 0 radical (unpaired) electrons. The van der Waals surface area contributed by atoms with Crippen molar-refractivity contribution < 1.29 is 14.7 Å². The van der Waals surface area contributed by atoms with E-state index in [0.29, 0.717) is 17.0 Å². The third-order valence-corrected chi connectivity index (χ3v) is 2.29. The van der Waals surface area contributed by atoms with E-state index in [9.17, 15) is 9.59 Å². The Bertz CT molecular complexity index is 411. The molecule has 0 saturated heterocycles. The number of carboxylic acid groups (broad SMARTS) is 1. The molecule has 0 aliphatic rings. The molecule has 4 nitrogen and oxygen atoms in total. The highest BCUT2D eigenvalue weighted by Gasteiger charge is 2.12. The summed E-state index contributed by atoms with van der Waals surface area (Å²) in [5.74, 6) is 3.59. The van der Waals surface area contributed by atoms with Crippen molar-refractivity contribution in [1.29, 1.82) is 0 Å². The zero-order chi connectivity index (χ0) is 9.84. The maximum Gasteiger partial charge on any atom is 0.347 e. The fraction of sp³-hybridized carbons (Fsp3) is 0.125. The molecule has 0 fully saturated rings. The van der Waals surface area contributed by atoms with Gasteiger partial charge in [0.15, 0.2) is 11.3 Å². The first-order chi connectivity index (χ1) is 6.15. The van der Waals surface area contributed by atoms with Gasteiger partial charge in [0.2, 0.25) is 0 Å². The number of aromatic nitrogens is 1. The lowest BCUT2D eigenvalue weighted by Gasteiger charge is -1.84. The number of aldehydes is 1. The van der Waals surface area contributed by atoms with Crippen LogP contribution in [0, 0.1) is 18.8 Å². The number of hydrogen-bond acceptors (Lipinski definition) is 4. The van der Waals surface area contributed by atoms with Gasteiger partial charge in [0.1, 0.15) is 4.88 Å². The first-order valence-electron chi connectivity index (χ1n) is 3.31. The molecular formula is C8H5NO3S. The molecular weight excluding hydrogens is 190 g/mol. The summed E-state index contributed by atoms with van der Waals surface area (Å²) in [6.45, 7) is 1.59. The Labute approximate surface area is 78.2 Å². The number of nitrogens with zero attached hydrogens (tertiary/aromatic N) is 1. The number of aryl methyl sites for hydroxylation is 1. The minimum Gasteiger partial charge on any atom is -0.477 e. The minimum absolute atomic E-state index is 0.162. The molecule has 0 aliphatic heterocycles. The summed E-state index contributed by atoms with van der Waals surface area (Å²) in [7, 11) is 0. The van der Waals surface area contributed by atoms with E-state index in [-0.39, 0.29) is 4.88 Å². The van der Waals surface area contributed by atoms with Crippen LogP contribution in [-0.4, -0.2) is 22.3 Å². The van der Waals surface area contributed by atoms with Crippen LogP contribution >= 0.6 is 11.3 Å². The Morgan fingerprint density at radius 1 is 1.69 bits per heavy atom. The Hall–Kier alpha value is -1.67. The van der Waals surface area contributed by atoms with Crippen LogP contribution in [0.3, 0.4) is 0 Å². The van der Waals surface area contributed by atoms with E-state index in [1.807, 2.05) is 0 Å². The van der Waals surface area contributed by atoms with Gasteiger partial charge in [-0.05, 0) is 18.8 Å². The van der Waals surface area contributed by atoms with Crippen molar-refractivity contribution in [1.82, 2.24) is 4.98 Å². The minimum atomic E-state index is -1.02. The highest BCUT2D eigenvalue weighted by molar-refractivity contribution is 7.14. The van der Waals surface area contributed by atoms with Gasteiger partial charge >= 0.3 is 5.97 Å². The Kier molecular flexibility index (Phi) is 2.77. The SMILES string of the molecule is Cc1nc(C#CC=O)sc1C(=O)O. The van der Waals surface area contributed by atoms with Crippen LogP contribution in [0.5, 0.6) is 0 Å². The van der Waals surface area contributed by atoms with Crippen LogP contribution < -0.4 is 0 Å². The average Bonchev–Trinajstić information content (AvgIpc) is 2.43. The summed E-state index contributed by atoms with van der Waals surface area (Å²) in [5.41, 5.74) is 0.424. The monoisotopic (exact) mass is 195 g/mol. The van der Waals surface area contributed by atoms with Crippen molar-refractivity contribution in [3.05, 3.63) is 15.6 Å². The maximum absolute atomic E-state index is 10.6. The predicted octanol–water partition coefficient (Wildman–Crippen LogP) is 0.700. The fourth-order valence-electron chi connectivity index (χ4n) is 0.740. The van der Waals surface area contributed by atoms with Gasteiger partial charge in [0, 0.05) is 0 Å². The molecule has 0 bridgehead atoms. The second-order valence-corrected chi connectivity index (χ2v) is 3.12. The summed E-state index contributed by atoms with van der Waals surface area (Å²) in [5, 5.41) is 9.01. The second-order valence-electron chi connectivity index (χ2n) is 2.13. The number of aromatic carboxylic acids is 1. The van der Waals surface area contributed by atoms with Gasteiger partial charge in [-0.3, -0.25) is 4.79 Å². The van der Waals surface area contributed by atoms with Crippen molar-refractivity contribution in [3.63, 3.8) is 0 Å². The molecule has 0 aromatic carbocycles. The normalized spacial score (nSPS) is 8.69. The van der Waals surface area contributed by atoms with Crippen molar-refractivity contribution in [2.75, 3.05) is 0 Å². The average molecular weight is 195 g/mol. The maximum atomic E-state index is 10.6. The number of thiazole rings is 1. The van der Waals surface area contributed by atoms with Crippen molar-refractivity contribution in [2.24, 2.45) is 0 Å². The third kappa shape index (κ3) is 2.13. The lowest BCUT2D eigenvalue weighted by molar-refractivity contribution is -0.103. The molecule has 1 aromatic rings. The molecule has 5 heteroatoms. The molecule has 0 aliphatic carbocycles. The van der Waals surface area contributed by atoms with Crippen LogP contribution in [0.4, 0.5) is 0 Å². The van der Waals surface area contributed by atoms with E-state index in [2.05, 4.69) is 16.8 Å². The topological polar surface area (TPSA) is 67.3 Å². The zero-order valence-electron chi connectivity index (χ0n) is 6.70. The number of carbonyl (C=O) groups excluding carboxylic acids is 1. The van der Waals surface area contributed by atoms with Crippen LogP contribution in [0.2, 0.25) is 0 Å². The number of hydrogen-bond donors (Lipinski definition) is 1. The molecule has 1 heterocycles. The lowest BCUT2D eigenvalue weighted by Crippen LogP contribution is -1.94. The van der Waals surface area contributed by atoms with Gasteiger partial charge in [-0.25, -0.2) is 9.78 Å². The van der Waals surface area contributed by atoms with Crippen molar-refractivity contribution >= 4 is 23.6 Å². The smallest absolute Gasteiger partial charge is 0.347 e. The molecule has 1 N–H and O–H groups in total. The molecule has 66 valence electrons. The summed E-state index contributed by atoms with van der Waals surface area (Å²) in [6, 6.07) is 0. The molecule has 0 saturated carbocycles. The van der Waals surface area contributed by atoms with Gasteiger partial charge in [0.05, 0.1) is 5.69 Å².